The van der Waals surface area contributed by atoms with E-state index in [1.807, 2.05) is 0 Å². The normalized spacial score (nSPS) is 18.7. The predicted molar refractivity (Wildman–Crippen MR) is 60.3 cm³/mol. The molecule has 2 rings (SSSR count). The molecule has 0 unspecified atom stereocenters. The Kier molecular flexibility index (Phi) is 3.40. The summed E-state index contributed by atoms with van der Waals surface area (Å²) < 4.78 is 4.83. The number of carbonyl (C=O) groups is 2. The standard InChI is InChI=1S/C11H13N3O4/c1-18-11-12-5-4-7(13-11)9(15)14-6-2-3-8(14)10(16)17/h4-5,8H,2-3,6H2,1H3,(H,16,17)/t8-/m0/s1. The van der Waals surface area contributed by atoms with Gasteiger partial charge in [-0.3, -0.25) is 4.79 Å². The molecule has 0 aromatic carbocycles. The maximum Gasteiger partial charge on any atom is 0.326 e. The summed E-state index contributed by atoms with van der Waals surface area (Å²) in [6, 6.07) is 0.771. The molecule has 7 heteroatoms. The zero-order chi connectivity index (χ0) is 13.1. The van der Waals surface area contributed by atoms with Crippen molar-refractivity contribution < 1.29 is 19.4 Å². The van der Waals surface area contributed by atoms with Gasteiger partial charge in [0.05, 0.1) is 7.11 Å². The van der Waals surface area contributed by atoms with E-state index < -0.39 is 17.9 Å². The minimum Gasteiger partial charge on any atom is -0.480 e. The molecule has 1 atom stereocenters. The summed E-state index contributed by atoms with van der Waals surface area (Å²) in [6.45, 7) is 0.433. The minimum absolute atomic E-state index is 0.0897. The van der Waals surface area contributed by atoms with Gasteiger partial charge >= 0.3 is 12.0 Å². The second kappa shape index (κ2) is 4.99. The molecule has 96 valence electrons. The number of carboxylic acids is 1. The number of aromatic nitrogens is 2. The third kappa shape index (κ3) is 2.24. The Morgan fingerprint density at radius 2 is 2.33 bits per heavy atom. The van der Waals surface area contributed by atoms with Gasteiger partial charge in [-0.05, 0) is 18.9 Å². The van der Waals surface area contributed by atoms with Gasteiger partial charge in [0, 0.05) is 12.7 Å². The highest BCUT2D eigenvalue weighted by Crippen LogP contribution is 2.20. The molecule has 7 nitrogen and oxygen atoms in total. The molecule has 1 N–H and O–H groups in total. The second-order valence-corrected chi connectivity index (χ2v) is 3.92. The van der Waals surface area contributed by atoms with E-state index in [0.29, 0.717) is 19.4 Å². The van der Waals surface area contributed by atoms with Crippen LogP contribution in [0.1, 0.15) is 23.3 Å². The number of hydrogen-bond acceptors (Lipinski definition) is 5. The van der Waals surface area contributed by atoms with Gasteiger partial charge in [-0.1, -0.05) is 0 Å². The van der Waals surface area contributed by atoms with Crippen LogP contribution in [0, 0.1) is 0 Å². The van der Waals surface area contributed by atoms with E-state index in [4.69, 9.17) is 9.84 Å². The Hall–Kier alpha value is -2.18. The van der Waals surface area contributed by atoms with E-state index in [0.717, 1.165) is 0 Å². The van der Waals surface area contributed by atoms with Crippen LogP contribution in [-0.2, 0) is 4.79 Å². The molecule has 1 saturated heterocycles. The van der Waals surface area contributed by atoms with Gasteiger partial charge in [0.25, 0.3) is 5.91 Å². The summed E-state index contributed by atoms with van der Waals surface area (Å²) in [5.41, 5.74) is 0.148. The summed E-state index contributed by atoms with van der Waals surface area (Å²) in [5.74, 6) is -1.39. The van der Waals surface area contributed by atoms with Crippen LogP contribution in [0.4, 0.5) is 0 Å². The second-order valence-electron chi connectivity index (χ2n) is 3.92. The molecular formula is C11H13N3O4. The third-order valence-electron chi connectivity index (χ3n) is 2.83. The summed E-state index contributed by atoms with van der Waals surface area (Å²) in [5, 5.41) is 9.03. The number of likely N-dealkylation sites (tertiary alicyclic amines) is 1. The average molecular weight is 251 g/mol. The molecule has 0 bridgehead atoms. The quantitative estimate of drug-likeness (QED) is 0.823. The number of aliphatic carboxylic acids is 1. The maximum atomic E-state index is 12.1. The van der Waals surface area contributed by atoms with Crippen LogP contribution in [0.5, 0.6) is 6.01 Å². The third-order valence-corrected chi connectivity index (χ3v) is 2.83. The number of nitrogens with zero attached hydrogens (tertiary/aromatic N) is 3. The van der Waals surface area contributed by atoms with Gasteiger partial charge in [-0.2, -0.15) is 4.98 Å². The molecule has 2 heterocycles. The highest BCUT2D eigenvalue weighted by Gasteiger charge is 2.35. The molecule has 1 amide bonds. The first-order chi connectivity index (χ1) is 8.63. The van der Waals surface area contributed by atoms with Crippen LogP contribution in [0.3, 0.4) is 0 Å². The molecule has 18 heavy (non-hydrogen) atoms. The van der Waals surface area contributed by atoms with E-state index in [1.54, 1.807) is 0 Å². The Balaban J connectivity index is 2.22. The van der Waals surface area contributed by atoms with Crippen molar-refractivity contribution in [2.45, 2.75) is 18.9 Å². The number of methoxy groups -OCH3 is 1. The Bertz CT molecular complexity index is 477. The number of rotatable bonds is 3. The lowest BCUT2D eigenvalue weighted by molar-refractivity contribution is -0.141. The first-order valence-corrected chi connectivity index (χ1v) is 5.54. The van der Waals surface area contributed by atoms with E-state index in [-0.39, 0.29) is 11.7 Å². The fraction of sp³-hybridized carbons (Fsp3) is 0.455. The van der Waals surface area contributed by atoms with Crippen LogP contribution >= 0.6 is 0 Å². The molecule has 1 aliphatic heterocycles. The van der Waals surface area contributed by atoms with Crippen LogP contribution in [0.25, 0.3) is 0 Å². The van der Waals surface area contributed by atoms with Crippen molar-refractivity contribution in [1.82, 2.24) is 14.9 Å². The summed E-state index contributed by atoms with van der Waals surface area (Å²) in [7, 11) is 1.40. The van der Waals surface area contributed by atoms with Crippen molar-refractivity contribution in [1.29, 1.82) is 0 Å². The predicted octanol–water partition coefficient (Wildman–Crippen LogP) is 0.174. The van der Waals surface area contributed by atoms with Gasteiger partial charge in [0.1, 0.15) is 11.7 Å². The van der Waals surface area contributed by atoms with E-state index in [9.17, 15) is 9.59 Å². The molecule has 0 saturated carbocycles. The van der Waals surface area contributed by atoms with Crippen molar-refractivity contribution >= 4 is 11.9 Å². The lowest BCUT2D eigenvalue weighted by Crippen LogP contribution is -2.40. The lowest BCUT2D eigenvalue weighted by atomic mass is 10.2. The van der Waals surface area contributed by atoms with Gasteiger partial charge in [0.15, 0.2) is 0 Å². The molecule has 1 fully saturated rings. The summed E-state index contributed by atoms with van der Waals surface area (Å²) in [6.07, 6.45) is 2.57. The smallest absolute Gasteiger partial charge is 0.326 e. The highest BCUT2D eigenvalue weighted by molar-refractivity contribution is 5.95. The monoisotopic (exact) mass is 251 g/mol. The highest BCUT2D eigenvalue weighted by atomic mass is 16.5. The SMILES string of the molecule is COc1nccc(C(=O)N2CCC[C@H]2C(=O)O)n1. The van der Waals surface area contributed by atoms with Gasteiger partial charge in [-0.15, -0.1) is 0 Å². The Labute approximate surface area is 103 Å². The fourth-order valence-electron chi connectivity index (χ4n) is 1.97. The average Bonchev–Trinajstić information content (AvgIpc) is 2.87. The van der Waals surface area contributed by atoms with E-state index >= 15 is 0 Å². The minimum atomic E-state index is -0.984. The van der Waals surface area contributed by atoms with Crippen molar-refractivity contribution in [2.75, 3.05) is 13.7 Å². The van der Waals surface area contributed by atoms with Crippen LogP contribution < -0.4 is 4.74 Å². The first-order valence-electron chi connectivity index (χ1n) is 5.54. The first kappa shape index (κ1) is 12.3. The fourth-order valence-corrected chi connectivity index (χ4v) is 1.97. The summed E-state index contributed by atoms with van der Waals surface area (Å²) >= 11 is 0. The molecule has 0 radical (unpaired) electrons. The molecule has 0 aliphatic carbocycles. The van der Waals surface area contributed by atoms with Crippen molar-refractivity contribution in [3.8, 4) is 6.01 Å². The topological polar surface area (TPSA) is 92.6 Å². The van der Waals surface area contributed by atoms with Crippen molar-refractivity contribution in [2.24, 2.45) is 0 Å². The molecule has 1 aliphatic rings. The molecular weight excluding hydrogens is 238 g/mol. The zero-order valence-electron chi connectivity index (χ0n) is 9.87. The van der Waals surface area contributed by atoms with Gasteiger partial charge in [0.2, 0.25) is 0 Å². The van der Waals surface area contributed by atoms with E-state index in [2.05, 4.69) is 9.97 Å². The number of hydrogen-bond donors (Lipinski definition) is 1. The van der Waals surface area contributed by atoms with Gasteiger partial charge in [-0.25, -0.2) is 9.78 Å². The Morgan fingerprint density at radius 3 is 3.00 bits per heavy atom. The largest absolute Gasteiger partial charge is 0.480 e. The lowest BCUT2D eigenvalue weighted by Gasteiger charge is -2.20. The number of amides is 1. The maximum absolute atomic E-state index is 12.1. The zero-order valence-corrected chi connectivity index (χ0v) is 9.87. The molecule has 0 spiro atoms. The number of carboxylic acid groups (broad SMARTS) is 1. The van der Waals surface area contributed by atoms with Crippen molar-refractivity contribution in [3.63, 3.8) is 0 Å². The van der Waals surface area contributed by atoms with E-state index in [1.165, 1.54) is 24.3 Å². The molecule has 1 aromatic heterocycles. The van der Waals surface area contributed by atoms with Crippen molar-refractivity contribution in [3.05, 3.63) is 18.0 Å². The van der Waals surface area contributed by atoms with Gasteiger partial charge < -0.3 is 14.7 Å². The molecule has 1 aromatic rings. The number of carbonyl (C=O) groups excluding carboxylic acids is 1. The van der Waals surface area contributed by atoms with Crippen LogP contribution in [-0.4, -0.2) is 51.5 Å². The van der Waals surface area contributed by atoms with Crippen LogP contribution in [0.15, 0.2) is 12.3 Å². The summed E-state index contributed by atoms with van der Waals surface area (Å²) in [4.78, 5) is 32.2. The number of ether oxygens (including phenoxy) is 1. The Morgan fingerprint density at radius 1 is 1.56 bits per heavy atom. The van der Waals surface area contributed by atoms with Crippen LogP contribution in [0.2, 0.25) is 0 Å².